The van der Waals surface area contributed by atoms with Crippen LogP contribution in [0.1, 0.15) is 32.6 Å². The van der Waals surface area contributed by atoms with Gasteiger partial charge in [-0.3, -0.25) is 0 Å². The van der Waals surface area contributed by atoms with Crippen molar-refractivity contribution in [2.45, 2.75) is 32.5 Å². The third kappa shape index (κ3) is 4.49. The second-order valence-electron chi connectivity index (χ2n) is 8.48. The Morgan fingerprint density at radius 3 is 2.81 bits per heavy atom. The second kappa shape index (κ2) is 8.19. The van der Waals surface area contributed by atoms with Gasteiger partial charge in [-0.25, -0.2) is 14.2 Å². The number of rotatable bonds is 3. The Kier molecular flexibility index (Phi) is 5.58. The standard InChI is InChI=1S/C23H26FN3O4/c1-23(2,3)31-22(28)27-9-10-30-20(13-27)18-12-17-15(7-8-25-21(17)26-18)16-11-14(24)5-6-19(16)29-4/h5-8,11-12,20H,9-10,13H2,1-4H3,(H,25,26). The lowest BCUT2D eigenvalue weighted by atomic mass is 10.0. The van der Waals surface area contributed by atoms with Gasteiger partial charge in [0.1, 0.15) is 28.9 Å². The van der Waals surface area contributed by atoms with E-state index >= 15 is 0 Å². The summed E-state index contributed by atoms with van der Waals surface area (Å²) in [5.41, 5.74) is 2.31. The number of benzene rings is 1. The maximum absolute atomic E-state index is 14.0. The van der Waals surface area contributed by atoms with Gasteiger partial charge in [0.05, 0.1) is 20.3 Å². The van der Waals surface area contributed by atoms with Crippen molar-refractivity contribution in [3.8, 4) is 16.9 Å². The summed E-state index contributed by atoms with van der Waals surface area (Å²) < 4.78 is 30.8. The van der Waals surface area contributed by atoms with E-state index in [9.17, 15) is 9.18 Å². The van der Waals surface area contributed by atoms with Gasteiger partial charge in [-0.15, -0.1) is 0 Å². The molecular formula is C23H26FN3O4. The molecule has 8 heteroatoms. The van der Waals surface area contributed by atoms with Gasteiger partial charge in [-0.2, -0.15) is 0 Å². The minimum Gasteiger partial charge on any atom is -0.496 e. The van der Waals surface area contributed by atoms with Gasteiger partial charge in [-0.05, 0) is 56.7 Å². The first-order chi connectivity index (χ1) is 14.7. The van der Waals surface area contributed by atoms with Crippen LogP contribution < -0.4 is 4.74 Å². The number of H-pyrrole nitrogens is 1. The smallest absolute Gasteiger partial charge is 0.410 e. The summed E-state index contributed by atoms with van der Waals surface area (Å²) >= 11 is 0. The quantitative estimate of drug-likeness (QED) is 0.656. The van der Waals surface area contributed by atoms with E-state index in [1.54, 1.807) is 24.3 Å². The molecule has 1 aromatic carbocycles. The normalized spacial score (nSPS) is 17.1. The molecule has 0 saturated carbocycles. The number of morpholine rings is 1. The van der Waals surface area contributed by atoms with E-state index in [2.05, 4.69) is 9.97 Å². The number of fused-ring (bicyclic) bond motifs is 1. The fourth-order valence-corrected chi connectivity index (χ4v) is 3.68. The number of halogens is 1. The number of methoxy groups -OCH3 is 1. The van der Waals surface area contributed by atoms with E-state index in [0.717, 1.165) is 16.6 Å². The Morgan fingerprint density at radius 2 is 2.06 bits per heavy atom. The molecule has 2 aromatic heterocycles. The fraction of sp³-hybridized carbons (Fsp3) is 0.391. The van der Waals surface area contributed by atoms with Gasteiger partial charge in [0.25, 0.3) is 0 Å². The van der Waals surface area contributed by atoms with Gasteiger partial charge in [0.15, 0.2) is 0 Å². The number of carbonyl (C=O) groups excluding carboxylic acids is 1. The van der Waals surface area contributed by atoms with Crippen LogP contribution in [-0.2, 0) is 9.47 Å². The van der Waals surface area contributed by atoms with Crippen molar-refractivity contribution in [1.82, 2.24) is 14.9 Å². The predicted molar refractivity (Wildman–Crippen MR) is 115 cm³/mol. The molecule has 3 aromatic rings. The van der Waals surface area contributed by atoms with Gasteiger partial charge >= 0.3 is 6.09 Å². The molecule has 0 radical (unpaired) electrons. The van der Waals surface area contributed by atoms with E-state index in [1.807, 2.05) is 32.9 Å². The summed E-state index contributed by atoms with van der Waals surface area (Å²) in [7, 11) is 1.55. The SMILES string of the molecule is COc1ccc(F)cc1-c1ccnc2[nH]c(C3CN(C(=O)OC(C)(C)C)CCO3)cc12. The molecule has 0 spiro atoms. The summed E-state index contributed by atoms with van der Waals surface area (Å²) in [5, 5.41) is 0.819. The van der Waals surface area contributed by atoms with Gasteiger partial charge < -0.3 is 24.1 Å². The minimum absolute atomic E-state index is 0.347. The number of amides is 1. The van der Waals surface area contributed by atoms with Crippen molar-refractivity contribution in [2.75, 3.05) is 26.8 Å². The first-order valence-electron chi connectivity index (χ1n) is 10.2. The number of nitrogens with zero attached hydrogens (tertiary/aromatic N) is 2. The van der Waals surface area contributed by atoms with E-state index in [0.29, 0.717) is 36.7 Å². The fourth-order valence-electron chi connectivity index (χ4n) is 3.68. The Bertz CT molecular complexity index is 1110. The van der Waals surface area contributed by atoms with Gasteiger partial charge in [-0.1, -0.05) is 0 Å². The largest absolute Gasteiger partial charge is 0.496 e. The van der Waals surface area contributed by atoms with Crippen molar-refractivity contribution >= 4 is 17.1 Å². The van der Waals surface area contributed by atoms with Crippen LogP contribution in [0.15, 0.2) is 36.5 Å². The third-order valence-electron chi connectivity index (χ3n) is 5.07. The highest BCUT2D eigenvalue weighted by Gasteiger charge is 2.30. The molecule has 1 aliphatic rings. The lowest BCUT2D eigenvalue weighted by Crippen LogP contribution is -2.44. The average molecular weight is 427 g/mol. The molecule has 1 fully saturated rings. The maximum Gasteiger partial charge on any atom is 0.410 e. The van der Waals surface area contributed by atoms with Gasteiger partial charge in [0, 0.05) is 29.4 Å². The van der Waals surface area contributed by atoms with Crippen LogP contribution in [0.4, 0.5) is 9.18 Å². The number of aromatic nitrogens is 2. The molecule has 164 valence electrons. The monoisotopic (exact) mass is 427 g/mol. The van der Waals surface area contributed by atoms with Crippen molar-refractivity contribution in [2.24, 2.45) is 0 Å². The van der Waals surface area contributed by atoms with Crippen LogP contribution in [0.2, 0.25) is 0 Å². The topological polar surface area (TPSA) is 76.7 Å². The van der Waals surface area contributed by atoms with Crippen molar-refractivity contribution < 1.29 is 23.4 Å². The summed E-state index contributed by atoms with van der Waals surface area (Å²) in [6.45, 7) is 6.75. The molecule has 0 aliphatic carbocycles. The number of nitrogens with one attached hydrogen (secondary N) is 1. The third-order valence-corrected chi connectivity index (χ3v) is 5.07. The number of carbonyl (C=O) groups is 1. The minimum atomic E-state index is -0.561. The van der Waals surface area contributed by atoms with Crippen LogP contribution in [-0.4, -0.2) is 53.4 Å². The van der Waals surface area contributed by atoms with Crippen LogP contribution in [0.3, 0.4) is 0 Å². The van der Waals surface area contributed by atoms with Crippen molar-refractivity contribution in [1.29, 1.82) is 0 Å². The number of hydrogen-bond donors (Lipinski definition) is 1. The summed E-state index contributed by atoms with van der Waals surface area (Å²) in [6.07, 6.45) is 0.953. The highest BCUT2D eigenvalue weighted by Crippen LogP contribution is 2.36. The molecule has 3 heterocycles. The first-order valence-corrected chi connectivity index (χ1v) is 10.2. The number of aromatic amines is 1. The van der Waals surface area contributed by atoms with Crippen LogP contribution in [0, 0.1) is 5.82 Å². The Morgan fingerprint density at radius 1 is 1.26 bits per heavy atom. The average Bonchev–Trinajstić information content (AvgIpc) is 3.17. The lowest BCUT2D eigenvalue weighted by Gasteiger charge is -2.33. The summed E-state index contributed by atoms with van der Waals surface area (Å²) in [6, 6.07) is 8.18. The van der Waals surface area contributed by atoms with E-state index < -0.39 is 5.60 Å². The van der Waals surface area contributed by atoms with E-state index in [-0.39, 0.29) is 18.0 Å². The van der Waals surface area contributed by atoms with Crippen LogP contribution in [0.25, 0.3) is 22.2 Å². The van der Waals surface area contributed by atoms with Crippen molar-refractivity contribution in [3.63, 3.8) is 0 Å². The molecule has 31 heavy (non-hydrogen) atoms. The van der Waals surface area contributed by atoms with Crippen LogP contribution >= 0.6 is 0 Å². The van der Waals surface area contributed by atoms with E-state index in [1.165, 1.54) is 12.1 Å². The highest BCUT2D eigenvalue weighted by molar-refractivity contribution is 5.95. The molecule has 1 N–H and O–H groups in total. The molecule has 1 aliphatic heterocycles. The van der Waals surface area contributed by atoms with E-state index in [4.69, 9.17) is 14.2 Å². The lowest BCUT2D eigenvalue weighted by molar-refractivity contribution is -0.0444. The zero-order valence-corrected chi connectivity index (χ0v) is 18.1. The van der Waals surface area contributed by atoms with Crippen LogP contribution in [0.5, 0.6) is 5.75 Å². The molecule has 1 amide bonds. The predicted octanol–water partition coefficient (Wildman–Crippen LogP) is 4.69. The second-order valence-corrected chi connectivity index (χ2v) is 8.48. The highest BCUT2D eigenvalue weighted by atomic mass is 19.1. The Hall–Kier alpha value is -3.13. The Labute approximate surface area is 180 Å². The summed E-state index contributed by atoms with van der Waals surface area (Å²) in [4.78, 5) is 21.8. The van der Waals surface area contributed by atoms with Crippen molar-refractivity contribution in [3.05, 3.63) is 48.0 Å². The first kappa shape index (κ1) is 21.1. The Balaban J connectivity index is 1.66. The maximum atomic E-state index is 14.0. The molecule has 1 atom stereocenters. The molecule has 1 saturated heterocycles. The molecule has 4 rings (SSSR count). The molecular weight excluding hydrogens is 401 g/mol. The number of pyridine rings is 1. The zero-order valence-electron chi connectivity index (χ0n) is 18.1. The molecule has 0 bridgehead atoms. The molecule has 7 nitrogen and oxygen atoms in total. The summed E-state index contributed by atoms with van der Waals surface area (Å²) in [5.74, 6) is 0.224. The zero-order chi connectivity index (χ0) is 22.2. The van der Waals surface area contributed by atoms with Gasteiger partial charge in [0.2, 0.25) is 0 Å². The number of ether oxygens (including phenoxy) is 3. The number of hydrogen-bond acceptors (Lipinski definition) is 5. The molecule has 1 unspecified atom stereocenters.